The van der Waals surface area contributed by atoms with Gasteiger partial charge >= 0.3 is 0 Å². The number of aryl methyl sites for hydroxylation is 1. The summed E-state index contributed by atoms with van der Waals surface area (Å²) < 4.78 is 0.954. The maximum absolute atomic E-state index is 6.06. The third kappa shape index (κ3) is 2.36. The van der Waals surface area contributed by atoms with Crippen LogP contribution in [0.5, 0.6) is 0 Å². The Labute approximate surface area is 108 Å². The largest absolute Gasteiger partial charge is 0.338 e. The fraction of sp³-hybridized carbons (Fsp3) is 0.0833. The Bertz CT molecular complexity index is 514. The van der Waals surface area contributed by atoms with Crippen LogP contribution in [0, 0.1) is 6.92 Å². The Morgan fingerprint density at radius 3 is 2.75 bits per heavy atom. The predicted octanol–water partition coefficient (Wildman–Crippen LogP) is 4.55. The van der Waals surface area contributed by atoms with Gasteiger partial charge in [-0.3, -0.25) is 0 Å². The van der Waals surface area contributed by atoms with E-state index >= 15 is 0 Å². The third-order valence-electron chi connectivity index (χ3n) is 2.21. The highest BCUT2D eigenvalue weighted by atomic mass is 79.9. The Kier molecular flexibility index (Phi) is 3.46. The van der Waals surface area contributed by atoms with Gasteiger partial charge in [-0.15, -0.1) is 0 Å². The van der Waals surface area contributed by atoms with Crippen LogP contribution < -0.4 is 5.32 Å². The number of benzene rings is 1. The van der Waals surface area contributed by atoms with Crippen LogP contribution >= 0.6 is 27.5 Å². The van der Waals surface area contributed by atoms with Crippen LogP contribution in [-0.4, -0.2) is 4.98 Å². The molecule has 0 fully saturated rings. The Morgan fingerprint density at radius 2 is 2.00 bits per heavy atom. The van der Waals surface area contributed by atoms with Gasteiger partial charge in [0.1, 0.15) is 5.82 Å². The summed E-state index contributed by atoms with van der Waals surface area (Å²) in [6, 6.07) is 9.53. The molecule has 2 nitrogen and oxygen atoms in total. The minimum absolute atomic E-state index is 0.678. The smallest absolute Gasteiger partial charge is 0.144 e. The molecule has 0 saturated carbocycles. The Balaban J connectivity index is 2.35. The monoisotopic (exact) mass is 296 g/mol. The van der Waals surface area contributed by atoms with E-state index in [4.69, 9.17) is 11.6 Å². The van der Waals surface area contributed by atoms with Crippen molar-refractivity contribution in [1.82, 2.24) is 4.98 Å². The summed E-state index contributed by atoms with van der Waals surface area (Å²) in [5.74, 6) is 0.771. The predicted molar refractivity (Wildman–Crippen MR) is 71.4 cm³/mol. The molecule has 0 amide bonds. The standard InChI is InChI=1S/C12H10BrClN2/c1-8-6-7-15-12(11(8)13)16-10-5-3-2-4-9(10)14/h2-7H,1H3,(H,15,16). The average Bonchev–Trinajstić information content (AvgIpc) is 2.28. The van der Waals surface area contributed by atoms with E-state index in [2.05, 4.69) is 26.2 Å². The number of anilines is 2. The van der Waals surface area contributed by atoms with E-state index in [1.165, 1.54) is 0 Å². The van der Waals surface area contributed by atoms with Crippen molar-refractivity contribution in [3.8, 4) is 0 Å². The summed E-state index contributed by atoms with van der Waals surface area (Å²) in [5.41, 5.74) is 1.98. The van der Waals surface area contributed by atoms with Crippen LogP contribution in [0.3, 0.4) is 0 Å². The summed E-state index contributed by atoms with van der Waals surface area (Å²) in [7, 11) is 0. The van der Waals surface area contributed by atoms with E-state index in [1.807, 2.05) is 37.3 Å². The lowest BCUT2D eigenvalue weighted by atomic mass is 10.3. The molecule has 0 aliphatic heterocycles. The van der Waals surface area contributed by atoms with Crippen LogP contribution in [-0.2, 0) is 0 Å². The van der Waals surface area contributed by atoms with Gasteiger partial charge in [0, 0.05) is 6.20 Å². The number of halogens is 2. The molecule has 1 aromatic heterocycles. The molecule has 0 radical (unpaired) electrons. The first-order chi connectivity index (χ1) is 7.68. The third-order valence-corrected chi connectivity index (χ3v) is 3.54. The van der Waals surface area contributed by atoms with E-state index in [9.17, 15) is 0 Å². The fourth-order valence-corrected chi connectivity index (χ4v) is 1.83. The van der Waals surface area contributed by atoms with E-state index in [-0.39, 0.29) is 0 Å². The van der Waals surface area contributed by atoms with Gasteiger partial charge in [0.2, 0.25) is 0 Å². The van der Waals surface area contributed by atoms with Crippen molar-refractivity contribution in [2.75, 3.05) is 5.32 Å². The molecule has 1 aromatic carbocycles. The highest BCUT2D eigenvalue weighted by molar-refractivity contribution is 9.10. The SMILES string of the molecule is Cc1ccnc(Nc2ccccc2Cl)c1Br. The first-order valence-electron chi connectivity index (χ1n) is 4.81. The molecule has 0 aliphatic carbocycles. The second-order valence-corrected chi connectivity index (χ2v) is 4.60. The van der Waals surface area contributed by atoms with Crippen LogP contribution in [0.25, 0.3) is 0 Å². The molecule has 1 N–H and O–H groups in total. The van der Waals surface area contributed by atoms with Crippen LogP contribution in [0.15, 0.2) is 41.0 Å². The van der Waals surface area contributed by atoms with Gasteiger partial charge in [0.25, 0.3) is 0 Å². The molecule has 0 aliphatic rings. The first kappa shape index (κ1) is 11.4. The molecular weight excluding hydrogens is 288 g/mol. The lowest BCUT2D eigenvalue weighted by molar-refractivity contribution is 1.25. The second kappa shape index (κ2) is 4.85. The molecule has 16 heavy (non-hydrogen) atoms. The van der Waals surface area contributed by atoms with E-state index in [1.54, 1.807) is 6.20 Å². The molecule has 0 bridgehead atoms. The van der Waals surface area contributed by atoms with Gasteiger partial charge in [-0.1, -0.05) is 23.7 Å². The van der Waals surface area contributed by atoms with E-state index in [0.717, 1.165) is 21.5 Å². The van der Waals surface area contributed by atoms with Crippen LogP contribution in [0.2, 0.25) is 5.02 Å². The van der Waals surface area contributed by atoms with Gasteiger partial charge in [0.15, 0.2) is 0 Å². The zero-order valence-corrected chi connectivity index (χ0v) is 11.0. The van der Waals surface area contributed by atoms with Crippen molar-refractivity contribution < 1.29 is 0 Å². The highest BCUT2D eigenvalue weighted by Gasteiger charge is 2.05. The molecule has 1 heterocycles. The summed E-state index contributed by atoms with van der Waals surface area (Å²) in [4.78, 5) is 4.26. The van der Waals surface area contributed by atoms with Gasteiger partial charge in [0.05, 0.1) is 15.2 Å². The number of aromatic nitrogens is 1. The first-order valence-corrected chi connectivity index (χ1v) is 5.98. The molecule has 0 unspecified atom stereocenters. The Hall–Kier alpha value is -1.06. The average molecular weight is 298 g/mol. The van der Waals surface area contributed by atoms with Crippen molar-refractivity contribution in [3.63, 3.8) is 0 Å². The number of hydrogen-bond donors (Lipinski definition) is 1. The van der Waals surface area contributed by atoms with Gasteiger partial charge < -0.3 is 5.32 Å². The molecule has 4 heteroatoms. The molecule has 0 spiro atoms. The van der Waals surface area contributed by atoms with E-state index in [0.29, 0.717) is 5.02 Å². The quantitative estimate of drug-likeness (QED) is 0.879. The molecule has 0 saturated heterocycles. The van der Waals surface area contributed by atoms with Crippen molar-refractivity contribution in [1.29, 1.82) is 0 Å². The maximum Gasteiger partial charge on any atom is 0.144 e. The molecule has 0 atom stereocenters. The number of nitrogens with one attached hydrogen (secondary N) is 1. The summed E-state index contributed by atoms with van der Waals surface area (Å²) in [6.45, 7) is 2.02. The van der Waals surface area contributed by atoms with Crippen molar-refractivity contribution in [3.05, 3.63) is 51.6 Å². The highest BCUT2D eigenvalue weighted by Crippen LogP contribution is 2.29. The zero-order valence-electron chi connectivity index (χ0n) is 8.67. The topological polar surface area (TPSA) is 24.9 Å². The minimum atomic E-state index is 0.678. The van der Waals surface area contributed by atoms with Gasteiger partial charge in [-0.25, -0.2) is 4.98 Å². The molecular formula is C12H10BrClN2. The van der Waals surface area contributed by atoms with E-state index < -0.39 is 0 Å². The van der Waals surface area contributed by atoms with Gasteiger partial charge in [-0.05, 0) is 46.6 Å². The van der Waals surface area contributed by atoms with Crippen LogP contribution in [0.4, 0.5) is 11.5 Å². The van der Waals surface area contributed by atoms with Crippen molar-refractivity contribution in [2.45, 2.75) is 6.92 Å². The number of pyridine rings is 1. The zero-order chi connectivity index (χ0) is 11.5. The normalized spacial score (nSPS) is 10.2. The summed E-state index contributed by atoms with van der Waals surface area (Å²) >= 11 is 9.55. The Morgan fingerprint density at radius 1 is 1.25 bits per heavy atom. The van der Waals surface area contributed by atoms with Crippen LogP contribution in [0.1, 0.15) is 5.56 Å². The second-order valence-electron chi connectivity index (χ2n) is 3.40. The molecule has 2 rings (SSSR count). The van der Waals surface area contributed by atoms with Crippen molar-refractivity contribution >= 4 is 39.0 Å². The minimum Gasteiger partial charge on any atom is -0.338 e. The number of nitrogens with zero attached hydrogens (tertiary/aromatic N) is 1. The number of rotatable bonds is 2. The van der Waals surface area contributed by atoms with Gasteiger partial charge in [-0.2, -0.15) is 0 Å². The summed E-state index contributed by atoms with van der Waals surface area (Å²) in [6.07, 6.45) is 1.76. The number of hydrogen-bond acceptors (Lipinski definition) is 2. The molecule has 82 valence electrons. The maximum atomic E-state index is 6.06. The summed E-state index contributed by atoms with van der Waals surface area (Å²) in [5, 5.41) is 3.87. The number of para-hydroxylation sites is 1. The lowest BCUT2D eigenvalue weighted by Crippen LogP contribution is -1.96. The molecule has 2 aromatic rings. The van der Waals surface area contributed by atoms with Crippen molar-refractivity contribution in [2.24, 2.45) is 0 Å². The fourth-order valence-electron chi connectivity index (χ4n) is 1.32. The lowest BCUT2D eigenvalue weighted by Gasteiger charge is -2.10.